The Bertz CT molecular complexity index is 465. The van der Waals surface area contributed by atoms with E-state index >= 15 is 0 Å². The van der Waals surface area contributed by atoms with E-state index in [1.54, 1.807) is 0 Å². The van der Waals surface area contributed by atoms with Crippen LogP contribution in [-0.4, -0.2) is 15.6 Å². The highest BCUT2D eigenvalue weighted by Crippen LogP contribution is 2.45. The number of hydrogen-bond acceptors (Lipinski definition) is 2. The SMILES string of the molecule is CCC(=CC(C)=CCC1=CCCC(C)(O)C1(C)C)CC.O=PO. The summed E-state index contributed by atoms with van der Waals surface area (Å²) in [6, 6.07) is 0. The summed E-state index contributed by atoms with van der Waals surface area (Å²) in [7, 11) is -0.833. The van der Waals surface area contributed by atoms with Gasteiger partial charge in [0.1, 0.15) is 0 Å². The van der Waals surface area contributed by atoms with Crippen molar-refractivity contribution < 1.29 is 14.6 Å². The molecule has 132 valence electrons. The molecule has 0 aromatic carbocycles. The maximum absolute atomic E-state index is 10.6. The van der Waals surface area contributed by atoms with Crippen molar-refractivity contribution >= 4 is 8.69 Å². The minimum absolute atomic E-state index is 0.135. The van der Waals surface area contributed by atoms with Crippen LogP contribution < -0.4 is 0 Å². The first-order valence-corrected chi connectivity index (χ1v) is 9.17. The van der Waals surface area contributed by atoms with Crippen LogP contribution in [0.4, 0.5) is 0 Å². The molecule has 0 fully saturated rings. The third kappa shape index (κ3) is 6.71. The standard InChI is InChI=1S/C19H32O.HO2P/c1-7-16(8-2)14-15(3)11-12-17-10-9-13-19(6,20)18(17,4)5;1-3-2/h10-11,14,20H,7-9,12-13H2,1-6H3;(H,1,2). The molecule has 1 atom stereocenters. The predicted octanol–water partition coefficient (Wildman–Crippen LogP) is 5.75. The largest absolute Gasteiger partial charge is 0.389 e. The fourth-order valence-corrected chi connectivity index (χ4v) is 2.89. The Morgan fingerprint density at radius 2 is 1.83 bits per heavy atom. The molecule has 0 aromatic rings. The molecule has 1 rings (SSSR count). The summed E-state index contributed by atoms with van der Waals surface area (Å²) in [4.78, 5) is 6.99. The van der Waals surface area contributed by atoms with Gasteiger partial charge in [-0.3, -0.25) is 0 Å². The summed E-state index contributed by atoms with van der Waals surface area (Å²) < 4.78 is 8.46. The Hall–Kier alpha value is -0.760. The second kappa shape index (κ2) is 10.2. The van der Waals surface area contributed by atoms with E-state index in [1.807, 2.05) is 6.92 Å². The van der Waals surface area contributed by atoms with Crippen LogP contribution >= 0.6 is 8.69 Å². The summed E-state index contributed by atoms with van der Waals surface area (Å²) in [5, 5.41) is 10.6. The predicted molar refractivity (Wildman–Crippen MR) is 98.6 cm³/mol. The molecule has 23 heavy (non-hydrogen) atoms. The van der Waals surface area contributed by atoms with Crippen LogP contribution in [0.15, 0.2) is 34.9 Å². The molecular weight excluding hydrogens is 307 g/mol. The normalized spacial score (nSPS) is 23.7. The van der Waals surface area contributed by atoms with E-state index in [1.165, 1.54) is 16.7 Å². The maximum Gasteiger partial charge on any atom is 0.324 e. The quantitative estimate of drug-likeness (QED) is 0.380. The van der Waals surface area contributed by atoms with E-state index in [-0.39, 0.29) is 5.41 Å². The molecule has 0 heterocycles. The first kappa shape index (κ1) is 22.2. The fourth-order valence-electron chi connectivity index (χ4n) is 2.89. The molecule has 0 spiro atoms. The van der Waals surface area contributed by atoms with Gasteiger partial charge in [0, 0.05) is 5.41 Å². The van der Waals surface area contributed by atoms with E-state index in [0.29, 0.717) is 0 Å². The number of rotatable bonds is 5. The van der Waals surface area contributed by atoms with Gasteiger partial charge in [-0.25, -0.2) is 4.57 Å². The lowest BCUT2D eigenvalue weighted by Crippen LogP contribution is -2.45. The van der Waals surface area contributed by atoms with Crippen LogP contribution in [0.1, 0.15) is 73.6 Å². The highest BCUT2D eigenvalue weighted by Gasteiger charge is 2.42. The minimum atomic E-state index is -0.833. The molecule has 2 N–H and O–H groups in total. The fraction of sp³-hybridized carbons (Fsp3) is 0.684. The molecule has 0 aliphatic heterocycles. The zero-order valence-electron chi connectivity index (χ0n) is 15.5. The molecule has 1 aliphatic rings. The van der Waals surface area contributed by atoms with Crippen LogP contribution in [-0.2, 0) is 4.57 Å². The van der Waals surface area contributed by atoms with E-state index in [4.69, 9.17) is 9.46 Å². The molecule has 0 radical (unpaired) electrons. The lowest BCUT2D eigenvalue weighted by atomic mass is 9.64. The topological polar surface area (TPSA) is 57.5 Å². The minimum Gasteiger partial charge on any atom is -0.389 e. The van der Waals surface area contributed by atoms with Crippen LogP contribution in [0.5, 0.6) is 0 Å². The summed E-state index contributed by atoms with van der Waals surface area (Å²) in [6.07, 6.45) is 12.0. The van der Waals surface area contributed by atoms with Crippen molar-refractivity contribution in [1.82, 2.24) is 0 Å². The van der Waals surface area contributed by atoms with Crippen molar-refractivity contribution in [3.63, 3.8) is 0 Å². The monoisotopic (exact) mass is 340 g/mol. The van der Waals surface area contributed by atoms with E-state index in [9.17, 15) is 5.11 Å². The molecule has 0 bridgehead atoms. The van der Waals surface area contributed by atoms with Crippen molar-refractivity contribution in [1.29, 1.82) is 0 Å². The highest BCUT2D eigenvalue weighted by molar-refractivity contribution is 7.16. The lowest BCUT2D eigenvalue weighted by Gasteiger charge is -2.45. The third-order valence-electron chi connectivity index (χ3n) is 5.16. The number of hydrogen-bond donors (Lipinski definition) is 2. The Morgan fingerprint density at radius 3 is 2.30 bits per heavy atom. The number of aliphatic hydroxyl groups is 1. The van der Waals surface area contributed by atoms with Crippen molar-refractivity contribution in [2.24, 2.45) is 5.41 Å². The zero-order valence-corrected chi connectivity index (χ0v) is 16.4. The average Bonchev–Trinajstić information content (AvgIpc) is 2.47. The maximum atomic E-state index is 10.6. The summed E-state index contributed by atoms with van der Waals surface area (Å²) in [5.41, 5.74) is 3.49. The molecule has 0 amide bonds. The van der Waals surface area contributed by atoms with Crippen LogP contribution in [0.2, 0.25) is 0 Å². The molecular formula is C19H33O3P. The number of allylic oxidation sites excluding steroid dienone is 5. The van der Waals surface area contributed by atoms with Gasteiger partial charge in [0.25, 0.3) is 0 Å². The molecule has 0 aromatic heterocycles. The second-order valence-corrected chi connectivity index (χ2v) is 7.07. The van der Waals surface area contributed by atoms with Gasteiger partial charge in [-0.05, 0) is 46.0 Å². The van der Waals surface area contributed by atoms with Gasteiger partial charge in [-0.2, -0.15) is 0 Å². The Balaban J connectivity index is 0.00000149. The Morgan fingerprint density at radius 1 is 1.30 bits per heavy atom. The van der Waals surface area contributed by atoms with Gasteiger partial charge in [-0.1, -0.05) is 62.6 Å². The summed E-state index contributed by atoms with van der Waals surface area (Å²) >= 11 is 0. The molecule has 0 saturated carbocycles. The molecule has 1 aliphatic carbocycles. The van der Waals surface area contributed by atoms with Gasteiger partial charge in [0.05, 0.1) is 5.60 Å². The Labute approximate surface area is 143 Å². The van der Waals surface area contributed by atoms with Crippen molar-refractivity contribution in [2.45, 2.75) is 79.2 Å². The molecule has 4 heteroatoms. The van der Waals surface area contributed by atoms with Crippen molar-refractivity contribution in [3.05, 3.63) is 34.9 Å². The third-order valence-corrected chi connectivity index (χ3v) is 5.16. The Kier molecular flexibility index (Phi) is 9.84. The zero-order chi connectivity index (χ0) is 18.1. The van der Waals surface area contributed by atoms with Gasteiger partial charge >= 0.3 is 8.69 Å². The lowest BCUT2D eigenvalue weighted by molar-refractivity contribution is -0.0443. The van der Waals surface area contributed by atoms with Crippen LogP contribution in [0.3, 0.4) is 0 Å². The average molecular weight is 340 g/mol. The first-order chi connectivity index (χ1) is 10.7. The molecule has 3 nitrogen and oxygen atoms in total. The van der Waals surface area contributed by atoms with E-state index < -0.39 is 14.3 Å². The molecule has 1 unspecified atom stereocenters. The van der Waals surface area contributed by atoms with Gasteiger partial charge in [0.15, 0.2) is 0 Å². The van der Waals surface area contributed by atoms with Crippen molar-refractivity contribution in [2.75, 3.05) is 0 Å². The second-order valence-electron chi connectivity index (χ2n) is 6.91. The van der Waals surface area contributed by atoms with E-state index in [0.717, 1.165) is 32.1 Å². The summed E-state index contributed by atoms with van der Waals surface area (Å²) in [5.74, 6) is 0. The van der Waals surface area contributed by atoms with Crippen LogP contribution in [0, 0.1) is 5.41 Å². The van der Waals surface area contributed by atoms with Crippen LogP contribution in [0.25, 0.3) is 0 Å². The van der Waals surface area contributed by atoms with Gasteiger partial charge in [0.2, 0.25) is 0 Å². The highest BCUT2D eigenvalue weighted by atomic mass is 31.1. The smallest absolute Gasteiger partial charge is 0.324 e. The van der Waals surface area contributed by atoms with Crippen molar-refractivity contribution in [3.8, 4) is 0 Å². The van der Waals surface area contributed by atoms with E-state index in [2.05, 4.69) is 52.8 Å². The van der Waals surface area contributed by atoms with Gasteiger partial charge < -0.3 is 10.00 Å². The van der Waals surface area contributed by atoms with Gasteiger partial charge in [-0.15, -0.1) is 0 Å². The first-order valence-electron chi connectivity index (χ1n) is 8.41. The molecule has 0 saturated heterocycles. The summed E-state index contributed by atoms with van der Waals surface area (Å²) in [6.45, 7) is 12.9.